The second kappa shape index (κ2) is 15.7. The van der Waals surface area contributed by atoms with E-state index in [4.69, 9.17) is 10.5 Å². The van der Waals surface area contributed by atoms with Gasteiger partial charge in [0.2, 0.25) is 0 Å². The highest BCUT2D eigenvalue weighted by Crippen LogP contribution is 2.10. The van der Waals surface area contributed by atoms with Gasteiger partial charge in [-0.2, -0.15) is 10.5 Å². The van der Waals surface area contributed by atoms with Gasteiger partial charge in [0, 0.05) is 8.95 Å². The van der Waals surface area contributed by atoms with Crippen molar-refractivity contribution in [3.8, 4) is 12.1 Å². The lowest BCUT2D eigenvalue weighted by atomic mass is 10.2. The van der Waals surface area contributed by atoms with Gasteiger partial charge in [0.1, 0.15) is 0 Å². The normalized spacial score (nSPS) is 7.45. The minimum atomic E-state index is 0.500. The van der Waals surface area contributed by atoms with Crippen LogP contribution in [0.4, 0.5) is 4.39 Å². The van der Waals surface area contributed by atoms with Gasteiger partial charge in [-0.05, 0) is 36.4 Å². The molecule has 0 unspecified atom stereocenters. The van der Waals surface area contributed by atoms with E-state index in [0.717, 1.165) is 8.95 Å². The van der Waals surface area contributed by atoms with Crippen LogP contribution in [-0.4, -0.2) is 7.18 Å². The van der Waals surface area contributed by atoms with Crippen molar-refractivity contribution in [2.45, 2.75) is 13.8 Å². The van der Waals surface area contributed by atoms with Gasteiger partial charge in [-0.1, -0.05) is 57.8 Å². The molecule has 2 rings (SSSR count). The van der Waals surface area contributed by atoms with E-state index in [9.17, 15) is 4.39 Å². The van der Waals surface area contributed by atoms with E-state index >= 15 is 0 Å². The average molecular weight is 428 g/mol. The maximum atomic E-state index is 9.50. The van der Waals surface area contributed by atoms with Crippen molar-refractivity contribution in [1.29, 1.82) is 10.5 Å². The smallest absolute Gasteiger partial charge is 0.0992 e. The number of benzene rings is 2. The number of halogens is 3. The van der Waals surface area contributed by atoms with Crippen molar-refractivity contribution in [3.63, 3.8) is 0 Å². The summed E-state index contributed by atoms with van der Waals surface area (Å²) in [5, 5.41) is 16.8. The highest BCUT2D eigenvalue weighted by molar-refractivity contribution is 9.10. The van der Waals surface area contributed by atoms with E-state index in [2.05, 4.69) is 31.9 Å². The summed E-state index contributed by atoms with van der Waals surface area (Å²) in [6.07, 6.45) is 0. The molecule has 2 aromatic rings. The fourth-order valence-corrected chi connectivity index (χ4v) is 1.91. The monoisotopic (exact) mass is 426 g/mol. The van der Waals surface area contributed by atoms with E-state index in [1.807, 2.05) is 50.3 Å². The Hall–Kier alpha value is -1.69. The lowest BCUT2D eigenvalue weighted by Gasteiger charge is -1.86. The van der Waals surface area contributed by atoms with E-state index in [0.29, 0.717) is 18.3 Å². The number of hydrogen-bond donors (Lipinski definition) is 0. The Balaban J connectivity index is 0. The zero-order chi connectivity index (χ0) is 17.4. The summed E-state index contributed by atoms with van der Waals surface area (Å²) in [5.41, 5.74) is 1.37. The Morgan fingerprint density at radius 3 is 1.27 bits per heavy atom. The van der Waals surface area contributed by atoms with Crippen LogP contribution in [0.5, 0.6) is 0 Å². The average Bonchev–Trinajstić information content (AvgIpc) is 2.59. The second-order valence-electron chi connectivity index (χ2n) is 3.24. The lowest BCUT2D eigenvalue weighted by molar-refractivity contribution is 0.636. The predicted molar refractivity (Wildman–Crippen MR) is 96.1 cm³/mol. The molecular formula is C17H17Br2FN2. The zero-order valence-electron chi connectivity index (χ0n) is 12.6. The highest BCUT2D eigenvalue weighted by Gasteiger charge is 1.88. The molecule has 0 bridgehead atoms. The minimum Gasteiger partial charge on any atom is -0.255 e. The van der Waals surface area contributed by atoms with Crippen molar-refractivity contribution in [2.24, 2.45) is 0 Å². The van der Waals surface area contributed by atoms with E-state index in [1.165, 1.54) is 0 Å². The zero-order valence-corrected chi connectivity index (χ0v) is 15.8. The third kappa shape index (κ3) is 11.0. The topological polar surface area (TPSA) is 47.6 Å². The molecule has 116 valence electrons. The van der Waals surface area contributed by atoms with E-state index in [-0.39, 0.29) is 0 Å². The third-order valence-electron chi connectivity index (χ3n) is 1.91. The molecule has 0 aliphatic rings. The molecule has 0 aliphatic carbocycles. The first-order valence-corrected chi connectivity index (χ1v) is 7.93. The molecule has 0 spiro atoms. The van der Waals surface area contributed by atoms with Crippen molar-refractivity contribution in [3.05, 3.63) is 68.6 Å². The van der Waals surface area contributed by atoms with Crippen LogP contribution in [-0.2, 0) is 0 Å². The Bertz CT molecular complexity index is 561. The summed E-state index contributed by atoms with van der Waals surface area (Å²) in [6, 6.07) is 18.6. The molecule has 0 N–H and O–H groups in total. The Morgan fingerprint density at radius 2 is 1.09 bits per heavy atom. The van der Waals surface area contributed by atoms with Crippen molar-refractivity contribution < 1.29 is 4.39 Å². The first-order valence-electron chi connectivity index (χ1n) is 6.35. The number of alkyl halides is 1. The van der Waals surface area contributed by atoms with Gasteiger partial charge in [-0.15, -0.1) is 0 Å². The van der Waals surface area contributed by atoms with Crippen molar-refractivity contribution in [2.75, 3.05) is 7.18 Å². The summed E-state index contributed by atoms with van der Waals surface area (Å²) in [4.78, 5) is 0. The quantitative estimate of drug-likeness (QED) is 0.498. The van der Waals surface area contributed by atoms with Gasteiger partial charge in [0.25, 0.3) is 0 Å². The predicted octanol–water partition coefficient (Wildman–Crippen LogP) is 6.25. The van der Waals surface area contributed by atoms with Crippen LogP contribution in [0.15, 0.2) is 57.5 Å². The molecule has 22 heavy (non-hydrogen) atoms. The Morgan fingerprint density at radius 1 is 0.773 bits per heavy atom. The fourth-order valence-electron chi connectivity index (χ4n) is 1.12. The van der Waals surface area contributed by atoms with Gasteiger partial charge in [0.15, 0.2) is 0 Å². The molecular weight excluding hydrogens is 411 g/mol. The largest absolute Gasteiger partial charge is 0.255 e. The fraction of sp³-hybridized carbons (Fsp3) is 0.176. The highest BCUT2D eigenvalue weighted by atomic mass is 79.9. The molecule has 0 amide bonds. The van der Waals surface area contributed by atoms with Gasteiger partial charge < -0.3 is 0 Å². The van der Waals surface area contributed by atoms with Gasteiger partial charge in [-0.3, -0.25) is 4.39 Å². The molecule has 2 nitrogen and oxygen atoms in total. The summed E-state index contributed by atoms with van der Waals surface area (Å²) in [5.74, 6) is 0. The molecule has 0 aromatic heterocycles. The molecule has 0 aliphatic heterocycles. The number of rotatable bonds is 0. The first-order chi connectivity index (χ1) is 10.7. The van der Waals surface area contributed by atoms with E-state index < -0.39 is 0 Å². The molecule has 0 saturated carbocycles. The third-order valence-corrected chi connectivity index (χ3v) is 2.89. The molecule has 0 fully saturated rings. The van der Waals surface area contributed by atoms with Crippen LogP contribution in [0.25, 0.3) is 0 Å². The number of nitriles is 2. The second-order valence-corrected chi connectivity index (χ2v) is 5.08. The van der Waals surface area contributed by atoms with Gasteiger partial charge in [-0.25, -0.2) is 0 Å². The summed E-state index contributed by atoms with van der Waals surface area (Å²) in [7, 11) is 0.500. The molecule has 0 saturated heterocycles. The van der Waals surface area contributed by atoms with Gasteiger partial charge in [0.05, 0.1) is 30.4 Å². The standard InChI is InChI=1S/2C7H4BrN.C2H6.CH3F/c2*8-7-3-1-2-6(4-7)5-9;2*1-2/h2*1-4H;1-2H3;1H3. The molecule has 0 heterocycles. The van der Waals surface area contributed by atoms with E-state index in [1.54, 1.807) is 24.3 Å². The molecule has 0 atom stereocenters. The maximum absolute atomic E-state index is 9.50. The summed E-state index contributed by atoms with van der Waals surface area (Å²) in [6.45, 7) is 4.00. The molecule has 2 aromatic carbocycles. The van der Waals surface area contributed by atoms with Crippen molar-refractivity contribution in [1.82, 2.24) is 0 Å². The summed E-state index contributed by atoms with van der Waals surface area (Å²) >= 11 is 6.50. The lowest BCUT2D eigenvalue weighted by Crippen LogP contribution is -1.70. The van der Waals surface area contributed by atoms with Crippen LogP contribution >= 0.6 is 31.9 Å². The number of nitrogens with zero attached hydrogens (tertiary/aromatic N) is 2. The molecule has 0 radical (unpaired) electrons. The minimum absolute atomic E-state index is 0.500. The van der Waals surface area contributed by atoms with Crippen LogP contribution in [0.1, 0.15) is 25.0 Å². The van der Waals surface area contributed by atoms with Crippen LogP contribution in [0, 0.1) is 22.7 Å². The van der Waals surface area contributed by atoms with Gasteiger partial charge >= 0.3 is 0 Å². The SMILES string of the molecule is CC.CF.N#Cc1cccc(Br)c1.N#Cc1cccc(Br)c1. The first kappa shape index (κ1) is 22.6. The van der Waals surface area contributed by atoms with Crippen molar-refractivity contribution >= 4 is 31.9 Å². The maximum Gasteiger partial charge on any atom is 0.0992 e. The Kier molecular flexibility index (Phi) is 16.1. The van der Waals surface area contributed by atoms with Crippen LogP contribution < -0.4 is 0 Å². The van der Waals surface area contributed by atoms with Crippen LogP contribution in [0.3, 0.4) is 0 Å². The number of hydrogen-bond acceptors (Lipinski definition) is 2. The van der Waals surface area contributed by atoms with Crippen LogP contribution in [0.2, 0.25) is 0 Å². The molecule has 5 heteroatoms. The summed E-state index contributed by atoms with van der Waals surface area (Å²) < 4.78 is 11.4. The Labute approximate surface area is 148 Å².